The van der Waals surface area contributed by atoms with E-state index in [1.807, 2.05) is 0 Å². The molecule has 0 bridgehead atoms. The van der Waals surface area contributed by atoms with Gasteiger partial charge in [-0.2, -0.15) is 0 Å². The van der Waals surface area contributed by atoms with Gasteiger partial charge in [-0.3, -0.25) is 4.72 Å². The van der Waals surface area contributed by atoms with Gasteiger partial charge in [0.05, 0.1) is 0 Å². The predicted molar refractivity (Wildman–Crippen MR) is 61.3 cm³/mol. The Morgan fingerprint density at radius 2 is 1.86 bits per heavy atom. The van der Waals surface area contributed by atoms with Crippen LogP contribution in [0, 0.1) is 0 Å². The molecule has 1 aliphatic heterocycles. The SMILES string of the molecule is c1ccc(SNC2CCNCC2)cc1. The molecule has 1 fully saturated rings. The second-order valence-corrected chi connectivity index (χ2v) is 4.47. The van der Waals surface area contributed by atoms with Crippen molar-refractivity contribution < 1.29 is 0 Å². The van der Waals surface area contributed by atoms with E-state index in [1.54, 1.807) is 11.9 Å². The maximum atomic E-state index is 3.51. The van der Waals surface area contributed by atoms with E-state index >= 15 is 0 Å². The molecular weight excluding hydrogens is 192 g/mol. The summed E-state index contributed by atoms with van der Waals surface area (Å²) in [6.07, 6.45) is 2.47. The van der Waals surface area contributed by atoms with Crippen LogP contribution < -0.4 is 10.0 Å². The molecular formula is C11H16N2S. The molecule has 0 unspecified atom stereocenters. The molecule has 0 aliphatic carbocycles. The second kappa shape index (κ2) is 5.39. The Morgan fingerprint density at radius 1 is 1.14 bits per heavy atom. The van der Waals surface area contributed by atoms with Crippen LogP contribution in [0.15, 0.2) is 35.2 Å². The molecule has 14 heavy (non-hydrogen) atoms. The van der Waals surface area contributed by atoms with Crippen molar-refractivity contribution in [3.63, 3.8) is 0 Å². The number of piperidine rings is 1. The fourth-order valence-electron chi connectivity index (χ4n) is 1.58. The van der Waals surface area contributed by atoms with Crippen LogP contribution in [-0.4, -0.2) is 19.1 Å². The molecule has 1 aromatic carbocycles. The zero-order valence-corrected chi connectivity index (χ0v) is 9.02. The molecule has 1 saturated heterocycles. The number of nitrogens with one attached hydrogen (secondary N) is 2. The molecule has 0 atom stereocenters. The lowest BCUT2D eigenvalue weighted by Gasteiger charge is -2.22. The van der Waals surface area contributed by atoms with E-state index in [-0.39, 0.29) is 0 Å². The molecule has 0 aromatic heterocycles. The molecule has 0 saturated carbocycles. The lowest BCUT2D eigenvalue weighted by molar-refractivity contribution is 0.439. The maximum Gasteiger partial charge on any atom is 0.0228 e. The Balaban J connectivity index is 1.76. The minimum absolute atomic E-state index is 0.668. The molecule has 0 radical (unpaired) electrons. The van der Waals surface area contributed by atoms with Gasteiger partial charge in [0.2, 0.25) is 0 Å². The Hall–Kier alpha value is -0.510. The van der Waals surface area contributed by atoms with Gasteiger partial charge in [0.1, 0.15) is 0 Å². The van der Waals surface area contributed by atoms with E-state index < -0.39 is 0 Å². The molecule has 76 valence electrons. The summed E-state index contributed by atoms with van der Waals surface area (Å²) in [6.45, 7) is 2.29. The van der Waals surface area contributed by atoms with Crippen molar-refractivity contribution in [2.24, 2.45) is 0 Å². The standard InChI is InChI=1S/C11H16N2S/c1-2-4-11(5-3-1)14-13-10-6-8-12-9-7-10/h1-5,10,12-13H,6-9H2. The molecule has 2 rings (SSSR count). The Kier molecular flexibility index (Phi) is 3.86. The first kappa shape index (κ1) is 10.0. The van der Waals surface area contributed by atoms with Crippen molar-refractivity contribution in [3.8, 4) is 0 Å². The van der Waals surface area contributed by atoms with E-state index in [4.69, 9.17) is 0 Å². The summed E-state index contributed by atoms with van der Waals surface area (Å²) in [4.78, 5) is 1.30. The third kappa shape index (κ3) is 3.01. The highest BCUT2D eigenvalue weighted by atomic mass is 32.2. The molecule has 3 heteroatoms. The summed E-state index contributed by atoms with van der Waals surface area (Å²) in [5, 5.41) is 3.36. The molecule has 0 amide bonds. The van der Waals surface area contributed by atoms with Crippen molar-refractivity contribution in [1.29, 1.82) is 0 Å². The van der Waals surface area contributed by atoms with Crippen LogP contribution in [0.4, 0.5) is 0 Å². The Morgan fingerprint density at radius 3 is 2.57 bits per heavy atom. The normalized spacial score (nSPS) is 18.3. The third-order valence-electron chi connectivity index (χ3n) is 2.43. The van der Waals surface area contributed by atoms with Crippen LogP contribution >= 0.6 is 11.9 Å². The van der Waals surface area contributed by atoms with Gasteiger partial charge in [-0.05, 0) is 50.0 Å². The van der Waals surface area contributed by atoms with Gasteiger partial charge in [0.25, 0.3) is 0 Å². The minimum Gasteiger partial charge on any atom is -0.317 e. The molecule has 1 heterocycles. The summed E-state index contributed by atoms with van der Waals surface area (Å²) in [5.41, 5.74) is 0. The van der Waals surface area contributed by atoms with Crippen molar-refractivity contribution in [2.75, 3.05) is 13.1 Å². The van der Waals surface area contributed by atoms with Gasteiger partial charge >= 0.3 is 0 Å². The third-order valence-corrected chi connectivity index (χ3v) is 3.38. The second-order valence-electron chi connectivity index (χ2n) is 3.56. The smallest absolute Gasteiger partial charge is 0.0228 e. The zero-order chi connectivity index (χ0) is 9.64. The van der Waals surface area contributed by atoms with Crippen LogP contribution in [0.25, 0.3) is 0 Å². The summed E-state index contributed by atoms with van der Waals surface area (Å²) in [6, 6.07) is 11.1. The van der Waals surface area contributed by atoms with Gasteiger partial charge < -0.3 is 5.32 Å². The van der Waals surface area contributed by atoms with Crippen LogP contribution in [0.1, 0.15) is 12.8 Å². The van der Waals surface area contributed by atoms with Gasteiger partial charge in [0.15, 0.2) is 0 Å². The minimum atomic E-state index is 0.668. The van der Waals surface area contributed by atoms with Crippen molar-refractivity contribution in [3.05, 3.63) is 30.3 Å². The van der Waals surface area contributed by atoms with Gasteiger partial charge in [-0.1, -0.05) is 18.2 Å². The highest BCUT2D eigenvalue weighted by Gasteiger charge is 2.11. The monoisotopic (exact) mass is 208 g/mol. The average Bonchev–Trinajstić information content (AvgIpc) is 2.29. The Bertz CT molecular complexity index is 257. The highest BCUT2D eigenvalue weighted by Crippen LogP contribution is 2.16. The molecule has 0 spiro atoms. The van der Waals surface area contributed by atoms with Crippen LogP contribution in [0.2, 0.25) is 0 Å². The summed E-state index contributed by atoms with van der Waals surface area (Å²) >= 11 is 1.75. The fourth-order valence-corrected chi connectivity index (χ4v) is 2.41. The van der Waals surface area contributed by atoms with Crippen LogP contribution in [0.3, 0.4) is 0 Å². The predicted octanol–water partition coefficient (Wildman–Crippen LogP) is 2.04. The van der Waals surface area contributed by atoms with Gasteiger partial charge in [0, 0.05) is 10.9 Å². The van der Waals surface area contributed by atoms with E-state index in [0.29, 0.717) is 6.04 Å². The topological polar surface area (TPSA) is 24.1 Å². The Labute approximate surface area is 89.6 Å². The van der Waals surface area contributed by atoms with Gasteiger partial charge in [-0.25, -0.2) is 0 Å². The van der Waals surface area contributed by atoms with E-state index in [0.717, 1.165) is 13.1 Å². The first-order valence-corrected chi connectivity index (χ1v) is 5.95. The summed E-state index contributed by atoms with van der Waals surface area (Å²) in [5.74, 6) is 0. The molecule has 2 N–H and O–H groups in total. The first-order chi connectivity index (χ1) is 6.95. The number of hydrogen-bond donors (Lipinski definition) is 2. The van der Waals surface area contributed by atoms with Crippen LogP contribution in [-0.2, 0) is 0 Å². The lowest BCUT2D eigenvalue weighted by atomic mass is 10.1. The van der Waals surface area contributed by atoms with Crippen molar-refractivity contribution in [1.82, 2.24) is 10.0 Å². The summed E-state index contributed by atoms with van der Waals surface area (Å²) in [7, 11) is 0. The average molecular weight is 208 g/mol. The van der Waals surface area contributed by atoms with E-state index in [2.05, 4.69) is 40.4 Å². The molecule has 1 aromatic rings. The first-order valence-electron chi connectivity index (χ1n) is 5.13. The fraction of sp³-hybridized carbons (Fsp3) is 0.455. The number of rotatable bonds is 3. The van der Waals surface area contributed by atoms with Crippen molar-refractivity contribution in [2.45, 2.75) is 23.8 Å². The summed E-state index contributed by atoms with van der Waals surface area (Å²) < 4.78 is 3.51. The molecule has 1 aliphatic rings. The van der Waals surface area contributed by atoms with E-state index in [9.17, 15) is 0 Å². The highest BCUT2D eigenvalue weighted by molar-refractivity contribution is 7.97. The number of hydrogen-bond acceptors (Lipinski definition) is 3. The van der Waals surface area contributed by atoms with Crippen molar-refractivity contribution >= 4 is 11.9 Å². The van der Waals surface area contributed by atoms with E-state index in [1.165, 1.54) is 17.7 Å². The number of benzene rings is 1. The molecule has 2 nitrogen and oxygen atoms in total. The largest absolute Gasteiger partial charge is 0.317 e. The quantitative estimate of drug-likeness (QED) is 0.743. The lowest BCUT2D eigenvalue weighted by Crippen LogP contribution is -2.37. The van der Waals surface area contributed by atoms with Gasteiger partial charge in [-0.15, -0.1) is 0 Å². The van der Waals surface area contributed by atoms with Crippen LogP contribution in [0.5, 0.6) is 0 Å². The zero-order valence-electron chi connectivity index (χ0n) is 8.20. The maximum absolute atomic E-state index is 3.51.